The summed E-state index contributed by atoms with van der Waals surface area (Å²) in [4.78, 5) is 19.2. The number of hydrogen-bond acceptors (Lipinski definition) is 6. The van der Waals surface area contributed by atoms with Gasteiger partial charge in [0.25, 0.3) is 0 Å². The zero-order valence-corrected chi connectivity index (χ0v) is 13.2. The Balaban J connectivity index is 2.63. The monoisotopic (exact) mass is 315 g/mol. The highest BCUT2D eigenvalue weighted by atomic mass is 32.2. The lowest BCUT2D eigenvalue weighted by Crippen LogP contribution is -2.39. The van der Waals surface area contributed by atoms with E-state index in [4.69, 9.17) is 0 Å². The molecule has 0 aliphatic rings. The lowest BCUT2D eigenvalue weighted by Gasteiger charge is -2.10. The molecular weight excluding hydrogens is 294 g/mol. The van der Waals surface area contributed by atoms with Crippen LogP contribution in [-0.4, -0.2) is 43.4 Å². The van der Waals surface area contributed by atoms with E-state index in [1.807, 2.05) is 6.92 Å². The highest BCUT2D eigenvalue weighted by Gasteiger charge is 2.16. The number of aromatic nitrogens is 2. The van der Waals surface area contributed by atoms with Gasteiger partial charge in [-0.25, -0.2) is 23.1 Å². The summed E-state index contributed by atoms with van der Waals surface area (Å²) in [5.74, 6) is -0.0240. The maximum Gasteiger partial charge on any atom is 0.244 e. The summed E-state index contributed by atoms with van der Waals surface area (Å²) in [6.45, 7) is 5.97. The van der Waals surface area contributed by atoms with Crippen LogP contribution in [-0.2, 0) is 14.8 Å². The first-order valence-corrected chi connectivity index (χ1v) is 8.18. The Labute approximate surface area is 124 Å². The van der Waals surface area contributed by atoms with Gasteiger partial charge in [0.05, 0.1) is 18.9 Å². The van der Waals surface area contributed by atoms with Crippen molar-refractivity contribution in [2.24, 2.45) is 0 Å². The van der Waals surface area contributed by atoms with Crippen LogP contribution in [0.25, 0.3) is 0 Å². The molecule has 0 radical (unpaired) electrons. The van der Waals surface area contributed by atoms with Crippen LogP contribution in [0, 0.1) is 0 Å². The maximum atomic E-state index is 12.0. The number of sulfonamides is 1. The van der Waals surface area contributed by atoms with Crippen LogP contribution >= 0.6 is 0 Å². The number of hydrogen-bond donors (Lipinski definition) is 3. The van der Waals surface area contributed by atoms with E-state index in [0.717, 1.165) is 6.42 Å². The van der Waals surface area contributed by atoms with Crippen molar-refractivity contribution in [3.8, 4) is 0 Å². The summed E-state index contributed by atoms with van der Waals surface area (Å²) in [5.41, 5.74) is 0. The minimum absolute atomic E-state index is 0.0470. The number of amides is 1. The first kappa shape index (κ1) is 17.3. The molecule has 0 aliphatic heterocycles. The minimum atomic E-state index is -3.79. The first-order chi connectivity index (χ1) is 9.85. The first-order valence-electron chi connectivity index (χ1n) is 6.70. The van der Waals surface area contributed by atoms with Crippen molar-refractivity contribution < 1.29 is 13.2 Å². The highest BCUT2D eigenvalue weighted by molar-refractivity contribution is 7.89. The number of nitrogens with zero attached hydrogens (tertiary/aromatic N) is 2. The number of anilines is 1. The van der Waals surface area contributed by atoms with E-state index in [1.165, 1.54) is 12.4 Å². The second-order valence-corrected chi connectivity index (χ2v) is 6.48. The van der Waals surface area contributed by atoms with Gasteiger partial charge in [0.15, 0.2) is 0 Å². The molecule has 0 bridgehead atoms. The molecule has 0 saturated carbocycles. The van der Waals surface area contributed by atoms with E-state index >= 15 is 0 Å². The zero-order chi connectivity index (χ0) is 15.9. The standard InChI is InChI=1S/C12H21N5O3S/c1-4-5-13-12-14-6-10(7-15-12)21(19,20)16-8-11(18)17-9(2)3/h6-7,9,16H,4-5,8H2,1-3H3,(H,17,18)(H,13,14,15). The predicted octanol–water partition coefficient (Wildman–Crippen LogP) is 0.101. The van der Waals surface area contributed by atoms with Gasteiger partial charge in [0.2, 0.25) is 21.9 Å². The molecule has 3 N–H and O–H groups in total. The van der Waals surface area contributed by atoms with Gasteiger partial charge >= 0.3 is 0 Å². The van der Waals surface area contributed by atoms with Crippen LogP contribution in [0.5, 0.6) is 0 Å². The molecule has 0 aliphatic carbocycles. The third-order valence-corrected chi connectivity index (χ3v) is 3.70. The van der Waals surface area contributed by atoms with Crippen molar-refractivity contribution in [1.29, 1.82) is 0 Å². The molecule has 0 unspecified atom stereocenters. The number of nitrogens with one attached hydrogen (secondary N) is 3. The van der Waals surface area contributed by atoms with Gasteiger partial charge in [-0.05, 0) is 20.3 Å². The SMILES string of the molecule is CCCNc1ncc(S(=O)(=O)NCC(=O)NC(C)C)cn1. The summed E-state index contributed by atoms with van der Waals surface area (Å²) in [6.07, 6.45) is 3.32. The minimum Gasteiger partial charge on any atom is -0.354 e. The van der Waals surface area contributed by atoms with Gasteiger partial charge in [-0.15, -0.1) is 0 Å². The van der Waals surface area contributed by atoms with E-state index in [0.29, 0.717) is 12.5 Å². The largest absolute Gasteiger partial charge is 0.354 e. The topological polar surface area (TPSA) is 113 Å². The Hall–Kier alpha value is -1.74. The Kier molecular flexibility index (Phi) is 6.50. The lowest BCUT2D eigenvalue weighted by molar-refractivity contribution is -0.120. The van der Waals surface area contributed by atoms with E-state index in [2.05, 4.69) is 25.3 Å². The molecular formula is C12H21N5O3S. The van der Waals surface area contributed by atoms with Crippen LogP contribution < -0.4 is 15.4 Å². The Morgan fingerprint density at radius 3 is 2.43 bits per heavy atom. The maximum absolute atomic E-state index is 12.0. The van der Waals surface area contributed by atoms with Gasteiger partial charge in [-0.2, -0.15) is 0 Å². The van der Waals surface area contributed by atoms with E-state index in [9.17, 15) is 13.2 Å². The smallest absolute Gasteiger partial charge is 0.244 e. The third kappa shape index (κ3) is 6.05. The Bertz CT molecular complexity index is 557. The Morgan fingerprint density at radius 1 is 1.29 bits per heavy atom. The summed E-state index contributed by atoms with van der Waals surface area (Å²) in [5, 5.41) is 5.54. The predicted molar refractivity (Wildman–Crippen MR) is 79.3 cm³/mol. The summed E-state index contributed by atoms with van der Waals surface area (Å²) in [7, 11) is -3.79. The summed E-state index contributed by atoms with van der Waals surface area (Å²) >= 11 is 0. The molecule has 1 amide bonds. The summed E-state index contributed by atoms with van der Waals surface area (Å²) in [6, 6.07) is -0.0470. The van der Waals surface area contributed by atoms with Crippen LogP contribution in [0.4, 0.5) is 5.95 Å². The molecule has 0 saturated heterocycles. The lowest BCUT2D eigenvalue weighted by atomic mass is 10.4. The zero-order valence-electron chi connectivity index (χ0n) is 12.4. The molecule has 0 aromatic carbocycles. The third-order valence-electron chi connectivity index (χ3n) is 2.34. The second kappa shape index (κ2) is 7.89. The number of carbonyl (C=O) groups is 1. The fraction of sp³-hybridized carbons (Fsp3) is 0.583. The van der Waals surface area contributed by atoms with Crippen LogP contribution in [0.2, 0.25) is 0 Å². The molecule has 0 atom stereocenters. The summed E-state index contributed by atoms with van der Waals surface area (Å²) < 4.78 is 26.1. The van der Waals surface area contributed by atoms with Crippen molar-refractivity contribution in [2.45, 2.75) is 38.1 Å². The van der Waals surface area contributed by atoms with E-state index in [-0.39, 0.29) is 17.5 Å². The van der Waals surface area contributed by atoms with Gasteiger partial charge in [0.1, 0.15) is 4.90 Å². The molecule has 0 fully saturated rings. The molecule has 118 valence electrons. The number of rotatable bonds is 8. The molecule has 0 spiro atoms. The van der Waals surface area contributed by atoms with Gasteiger partial charge in [-0.1, -0.05) is 6.92 Å². The molecule has 1 heterocycles. The molecule has 1 aromatic heterocycles. The molecule has 21 heavy (non-hydrogen) atoms. The average Bonchev–Trinajstić information content (AvgIpc) is 2.43. The molecule has 9 heteroatoms. The van der Waals surface area contributed by atoms with Crippen molar-refractivity contribution in [2.75, 3.05) is 18.4 Å². The Morgan fingerprint density at radius 2 is 1.90 bits per heavy atom. The molecule has 1 rings (SSSR count). The number of carbonyl (C=O) groups excluding carboxylic acids is 1. The van der Waals surface area contributed by atoms with Gasteiger partial charge in [0, 0.05) is 12.6 Å². The van der Waals surface area contributed by atoms with Gasteiger partial charge in [-0.3, -0.25) is 4.79 Å². The van der Waals surface area contributed by atoms with Crippen molar-refractivity contribution in [3.63, 3.8) is 0 Å². The van der Waals surface area contributed by atoms with Crippen molar-refractivity contribution >= 4 is 21.9 Å². The second-order valence-electron chi connectivity index (χ2n) is 4.72. The normalized spacial score (nSPS) is 11.4. The molecule has 8 nitrogen and oxygen atoms in total. The van der Waals surface area contributed by atoms with Crippen LogP contribution in [0.15, 0.2) is 17.3 Å². The van der Waals surface area contributed by atoms with Crippen molar-refractivity contribution in [3.05, 3.63) is 12.4 Å². The van der Waals surface area contributed by atoms with E-state index in [1.54, 1.807) is 13.8 Å². The van der Waals surface area contributed by atoms with Crippen molar-refractivity contribution in [1.82, 2.24) is 20.0 Å². The van der Waals surface area contributed by atoms with Gasteiger partial charge < -0.3 is 10.6 Å². The van der Waals surface area contributed by atoms with Crippen LogP contribution in [0.3, 0.4) is 0 Å². The molecule has 1 aromatic rings. The average molecular weight is 315 g/mol. The fourth-order valence-electron chi connectivity index (χ4n) is 1.40. The van der Waals surface area contributed by atoms with E-state index < -0.39 is 15.9 Å². The highest BCUT2D eigenvalue weighted by Crippen LogP contribution is 2.07. The fourth-order valence-corrected chi connectivity index (χ4v) is 2.27. The van der Waals surface area contributed by atoms with Crippen LogP contribution in [0.1, 0.15) is 27.2 Å². The quantitative estimate of drug-likeness (QED) is 0.627.